The lowest BCUT2D eigenvalue weighted by Gasteiger charge is -2.35. The van der Waals surface area contributed by atoms with Crippen LogP contribution in [0.25, 0.3) is 0 Å². The number of carbonyl (C=O) groups excluding carboxylic acids is 5. The summed E-state index contributed by atoms with van der Waals surface area (Å²) in [4.78, 5) is 72.0. The number of hydrogen-bond acceptors (Lipinski definition) is 9. The Morgan fingerprint density at radius 1 is 0.632 bits per heavy atom. The molecule has 0 spiro atoms. The number of halogens is 2. The largest absolute Gasteiger partial charge is 0.481 e. The Bertz CT molecular complexity index is 2020. The highest BCUT2D eigenvalue weighted by atomic mass is 19.1. The van der Waals surface area contributed by atoms with Crippen LogP contribution in [0.2, 0.25) is 0 Å². The molecule has 2 N–H and O–H groups in total. The van der Waals surface area contributed by atoms with E-state index in [1.807, 2.05) is 43.3 Å². The van der Waals surface area contributed by atoms with Crippen molar-refractivity contribution in [1.29, 1.82) is 0 Å². The highest BCUT2D eigenvalue weighted by Gasteiger charge is 2.35. The Morgan fingerprint density at radius 2 is 1.11 bits per heavy atom. The number of benzene rings is 4. The van der Waals surface area contributed by atoms with E-state index in [0.717, 1.165) is 24.1 Å². The van der Waals surface area contributed by atoms with Crippen LogP contribution in [0.5, 0.6) is 0 Å². The van der Waals surface area contributed by atoms with Crippen LogP contribution in [0.4, 0.5) is 8.78 Å². The molecule has 2 atom stereocenters. The van der Waals surface area contributed by atoms with Gasteiger partial charge in [-0.15, -0.1) is 0 Å². The number of ether oxygens (including phenoxy) is 2. The van der Waals surface area contributed by atoms with Gasteiger partial charge in [0.05, 0.1) is 19.6 Å². The second-order valence-electron chi connectivity index (χ2n) is 13.2. The number of nitrogens with zero attached hydrogens (tertiary/aromatic N) is 1. The monoisotopic (exact) mass is 784 g/mol. The Labute approximate surface area is 330 Å². The van der Waals surface area contributed by atoms with Gasteiger partial charge in [-0.1, -0.05) is 48.5 Å². The molecule has 0 fully saturated rings. The van der Waals surface area contributed by atoms with Crippen molar-refractivity contribution in [2.24, 2.45) is 0 Å². The zero-order valence-electron chi connectivity index (χ0n) is 31.9. The van der Waals surface area contributed by atoms with E-state index in [9.17, 15) is 37.5 Å². The topological polar surface area (TPSA) is 156 Å². The molecule has 2 unspecified atom stereocenters. The summed E-state index contributed by atoms with van der Waals surface area (Å²) in [5.74, 6) is -3.23. The maximum atomic E-state index is 13.0. The minimum atomic E-state index is -1.01. The van der Waals surface area contributed by atoms with Crippen LogP contribution in [0, 0.1) is 11.6 Å². The molecule has 57 heavy (non-hydrogen) atoms. The fourth-order valence-corrected chi connectivity index (χ4v) is 6.24. The number of rotatable bonds is 12. The van der Waals surface area contributed by atoms with E-state index in [1.165, 1.54) is 64.6 Å². The van der Waals surface area contributed by atoms with Gasteiger partial charge < -0.3 is 24.8 Å². The van der Waals surface area contributed by atoms with Crippen molar-refractivity contribution in [1.82, 2.24) is 10.2 Å². The Morgan fingerprint density at radius 3 is 1.63 bits per heavy atom. The molecule has 0 aromatic heterocycles. The molecule has 13 heteroatoms. The molecule has 0 bridgehead atoms. The molecule has 1 amide bonds. The quantitative estimate of drug-likeness (QED) is 0.121. The maximum absolute atomic E-state index is 13.0. The van der Waals surface area contributed by atoms with Crippen LogP contribution in [0.15, 0.2) is 97.1 Å². The molecule has 300 valence electrons. The summed E-state index contributed by atoms with van der Waals surface area (Å²) in [6, 6.07) is 25.3. The van der Waals surface area contributed by atoms with Gasteiger partial charge in [0.2, 0.25) is 5.91 Å². The second-order valence-corrected chi connectivity index (χ2v) is 13.2. The molecule has 6 rings (SSSR count). The first-order chi connectivity index (χ1) is 27.4. The highest BCUT2D eigenvalue weighted by molar-refractivity contribution is 5.98. The summed E-state index contributed by atoms with van der Waals surface area (Å²) in [5.41, 5.74) is 5.23. The summed E-state index contributed by atoms with van der Waals surface area (Å²) >= 11 is 0. The van der Waals surface area contributed by atoms with Crippen LogP contribution < -0.4 is 5.32 Å². The molecule has 2 heterocycles. The number of fused-ring (bicyclic) bond motifs is 2. The summed E-state index contributed by atoms with van der Waals surface area (Å²) < 4.78 is 35.6. The first kappa shape index (κ1) is 43.6. The fraction of sp³-hybridized carbons (Fsp3) is 0.318. The summed E-state index contributed by atoms with van der Waals surface area (Å²) in [6.07, 6.45) is 0.852. The number of carboxylic acids is 1. The number of carbonyl (C=O) groups is 6. The van der Waals surface area contributed by atoms with Crippen molar-refractivity contribution in [3.05, 3.63) is 142 Å². The predicted molar refractivity (Wildman–Crippen MR) is 206 cm³/mol. The van der Waals surface area contributed by atoms with Gasteiger partial charge in [0, 0.05) is 49.9 Å². The van der Waals surface area contributed by atoms with E-state index in [1.54, 1.807) is 6.92 Å². The lowest BCUT2D eigenvalue weighted by atomic mass is 9.93. The molecular weight excluding hydrogens is 738 g/mol. The van der Waals surface area contributed by atoms with E-state index < -0.39 is 29.6 Å². The third kappa shape index (κ3) is 13.3. The highest BCUT2D eigenvalue weighted by Crippen LogP contribution is 2.25. The van der Waals surface area contributed by atoms with E-state index in [4.69, 9.17) is 14.6 Å². The van der Waals surface area contributed by atoms with E-state index >= 15 is 0 Å². The molecule has 4 aromatic carbocycles. The molecule has 0 saturated heterocycles. The Kier molecular flexibility index (Phi) is 16.7. The molecule has 2 aliphatic heterocycles. The van der Waals surface area contributed by atoms with Gasteiger partial charge >= 0.3 is 17.9 Å². The number of hydrogen-bond donors (Lipinski definition) is 2. The van der Waals surface area contributed by atoms with Crippen molar-refractivity contribution in [3.8, 4) is 0 Å². The number of nitrogens with one attached hydrogen (secondary N) is 1. The fourth-order valence-electron chi connectivity index (χ4n) is 6.24. The van der Waals surface area contributed by atoms with Crippen molar-refractivity contribution in [3.63, 3.8) is 0 Å². The number of ketones is 2. The van der Waals surface area contributed by atoms with E-state index in [0.29, 0.717) is 30.7 Å². The first-order valence-electron chi connectivity index (χ1n) is 18.7. The van der Waals surface area contributed by atoms with Crippen molar-refractivity contribution < 1.29 is 52.1 Å². The summed E-state index contributed by atoms with van der Waals surface area (Å²) in [6.45, 7) is 5.29. The Hall–Kier alpha value is -6.08. The molecule has 0 radical (unpaired) electrons. The number of carboxylic acid groups (broad SMARTS) is 1. The normalized spacial score (nSPS) is 15.2. The maximum Gasteiger partial charge on any atom is 0.329 e. The van der Waals surface area contributed by atoms with Gasteiger partial charge in [-0.25, -0.2) is 13.6 Å². The molecule has 0 saturated carbocycles. The van der Waals surface area contributed by atoms with Gasteiger partial charge in [0.1, 0.15) is 23.7 Å². The van der Waals surface area contributed by atoms with Crippen molar-refractivity contribution in [2.75, 3.05) is 13.2 Å². The van der Waals surface area contributed by atoms with Crippen molar-refractivity contribution in [2.45, 2.75) is 77.5 Å². The zero-order chi connectivity index (χ0) is 41.3. The average molecular weight is 785 g/mol. The van der Waals surface area contributed by atoms with Crippen molar-refractivity contribution >= 4 is 35.4 Å². The number of amides is 1. The lowest BCUT2D eigenvalue weighted by molar-refractivity contribution is -0.156. The van der Waals surface area contributed by atoms with Gasteiger partial charge in [-0.05, 0) is 91.1 Å². The molecular formula is C44H46F2N2O9. The van der Waals surface area contributed by atoms with Gasteiger partial charge in [-0.2, -0.15) is 0 Å². The Balaban J connectivity index is 0.000000209. The second kappa shape index (κ2) is 21.9. The first-order valence-corrected chi connectivity index (χ1v) is 18.7. The zero-order valence-corrected chi connectivity index (χ0v) is 31.9. The van der Waals surface area contributed by atoms with E-state index in [-0.39, 0.29) is 61.8 Å². The lowest BCUT2D eigenvalue weighted by Crippen LogP contribution is -2.49. The van der Waals surface area contributed by atoms with Crippen LogP contribution >= 0.6 is 0 Å². The third-order valence-corrected chi connectivity index (χ3v) is 9.24. The number of aliphatic carboxylic acids is 1. The molecule has 0 aliphatic carbocycles. The number of Topliss-reactive ketones (excluding diaryl/α,β-unsaturated/α-hetero) is 2. The third-order valence-electron chi connectivity index (χ3n) is 9.24. The van der Waals surface area contributed by atoms with Crippen LogP contribution in [-0.2, 0) is 54.6 Å². The SMILES string of the molecule is CCOC(=O)C1Cc2ccccc2CN1.CCOC(=O)C1Cc2ccccc2CN1C(=O)CCC(=O)c1ccc(F)cc1.O=C(O)CCC(=O)c1ccc(F)cc1. The average Bonchev–Trinajstić information content (AvgIpc) is 3.22. The summed E-state index contributed by atoms with van der Waals surface area (Å²) in [5, 5.41) is 11.5. The minimum absolute atomic E-state index is 0.00183. The standard InChI is InChI=1S/C22H22FNO4.C12H15NO2.C10H9FO3/c1-2-28-22(27)19-13-16-5-3-4-6-17(16)14-24(19)21(26)12-11-20(25)15-7-9-18(23)10-8-15;1-2-15-12(14)11-7-9-5-3-4-6-10(9)8-13-11;11-8-3-1-7(2-4-8)9(12)5-6-10(13)14/h3-10,19H,2,11-14H2,1H3;3-6,11,13H,2,7-8H2,1H3;1-4H,5-6H2,(H,13,14). The van der Waals surface area contributed by atoms with Crippen LogP contribution in [-0.4, -0.2) is 70.7 Å². The molecule has 2 aliphatic rings. The predicted octanol–water partition coefficient (Wildman–Crippen LogP) is 6.44. The van der Waals surface area contributed by atoms with Gasteiger partial charge in [0.25, 0.3) is 0 Å². The molecule has 11 nitrogen and oxygen atoms in total. The minimum Gasteiger partial charge on any atom is -0.481 e. The smallest absolute Gasteiger partial charge is 0.329 e. The van der Waals surface area contributed by atoms with Gasteiger partial charge in [0.15, 0.2) is 11.6 Å². The van der Waals surface area contributed by atoms with E-state index in [2.05, 4.69) is 17.4 Å². The summed E-state index contributed by atoms with van der Waals surface area (Å²) in [7, 11) is 0. The molecule has 4 aromatic rings. The number of esters is 2. The van der Waals surface area contributed by atoms with Crippen LogP contribution in [0.1, 0.15) is 82.5 Å². The van der Waals surface area contributed by atoms with Crippen LogP contribution in [0.3, 0.4) is 0 Å². The van der Waals surface area contributed by atoms with Gasteiger partial charge in [-0.3, -0.25) is 24.0 Å².